The minimum absolute atomic E-state index is 0.00106. The molecule has 3 heteroatoms. The van der Waals surface area contributed by atoms with Gasteiger partial charge in [0.1, 0.15) is 0 Å². The summed E-state index contributed by atoms with van der Waals surface area (Å²) >= 11 is 0. The summed E-state index contributed by atoms with van der Waals surface area (Å²) in [6, 6.07) is 10.1. The zero-order valence-corrected chi connectivity index (χ0v) is 10.7. The van der Waals surface area contributed by atoms with Gasteiger partial charge in [-0.25, -0.2) is 0 Å². The predicted octanol–water partition coefficient (Wildman–Crippen LogP) is 2.58. The molecule has 0 bridgehead atoms. The number of benzene rings is 1. The van der Waals surface area contributed by atoms with Crippen LogP contribution < -0.4 is 0 Å². The number of carboxylic acid groups (broad SMARTS) is 1. The van der Waals surface area contributed by atoms with Gasteiger partial charge in [0, 0.05) is 6.42 Å². The molecule has 1 saturated carbocycles. The molecule has 0 heterocycles. The SMILES string of the molecule is C[C@]1(c2ccccc2)CC[C@@H](O)C[C@@H]1CC(=O)O. The normalized spacial score (nSPS) is 32.1. The number of aliphatic carboxylic acids is 1. The molecule has 0 radical (unpaired) electrons. The number of aliphatic hydroxyl groups is 1. The maximum absolute atomic E-state index is 11.0. The lowest BCUT2D eigenvalue weighted by molar-refractivity contribution is -0.139. The molecule has 1 aromatic rings. The van der Waals surface area contributed by atoms with Crippen molar-refractivity contribution in [2.24, 2.45) is 5.92 Å². The first-order valence-corrected chi connectivity index (χ1v) is 6.48. The lowest BCUT2D eigenvalue weighted by atomic mass is 9.62. The van der Waals surface area contributed by atoms with Gasteiger partial charge in [0.05, 0.1) is 6.10 Å². The second-order valence-electron chi connectivity index (χ2n) is 5.51. The Morgan fingerprint density at radius 1 is 1.39 bits per heavy atom. The van der Waals surface area contributed by atoms with Gasteiger partial charge >= 0.3 is 5.97 Å². The number of rotatable bonds is 3. The molecule has 1 aromatic carbocycles. The molecule has 18 heavy (non-hydrogen) atoms. The third kappa shape index (κ3) is 2.56. The largest absolute Gasteiger partial charge is 0.481 e. The molecule has 0 saturated heterocycles. The lowest BCUT2D eigenvalue weighted by Crippen LogP contribution is -2.40. The average molecular weight is 248 g/mol. The topological polar surface area (TPSA) is 57.5 Å². The lowest BCUT2D eigenvalue weighted by Gasteiger charge is -2.43. The van der Waals surface area contributed by atoms with Crippen LogP contribution in [0.25, 0.3) is 0 Å². The van der Waals surface area contributed by atoms with Crippen molar-refractivity contribution in [3.8, 4) is 0 Å². The Morgan fingerprint density at radius 3 is 2.67 bits per heavy atom. The molecule has 2 N–H and O–H groups in total. The molecule has 3 atom stereocenters. The Labute approximate surface area is 107 Å². The summed E-state index contributed by atoms with van der Waals surface area (Å²) < 4.78 is 0. The van der Waals surface area contributed by atoms with Gasteiger partial charge in [0.2, 0.25) is 0 Å². The fourth-order valence-corrected chi connectivity index (χ4v) is 3.10. The molecule has 98 valence electrons. The standard InChI is InChI=1S/C15H20O3/c1-15(11-5-3-2-4-6-11)8-7-13(16)9-12(15)10-14(17)18/h2-6,12-13,16H,7-10H2,1H3,(H,17,18)/t12-,13-,15-/m1/s1. The Kier molecular flexibility index (Phi) is 3.71. The summed E-state index contributed by atoms with van der Waals surface area (Å²) in [6.45, 7) is 2.13. The Hall–Kier alpha value is -1.35. The highest BCUT2D eigenvalue weighted by atomic mass is 16.4. The third-order valence-electron chi connectivity index (χ3n) is 4.31. The van der Waals surface area contributed by atoms with Crippen molar-refractivity contribution in [2.45, 2.75) is 44.1 Å². The van der Waals surface area contributed by atoms with E-state index >= 15 is 0 Å². The zero-order chi connectivity index (χ0) is 13.2. The van der Waals surface area contributed by atoms with E-state index in [0.29, 0.717) is 6.42 Å². The molecular weight excluding hydrogens is 228 g/mol. The first-order valence-electron chi connectivity index (χ1n) is 6.48. The highest BCUT2D eigenvalue weighted by Crippen LogP contribution is 2.45. The average Bonchev–Trinajstić information content (AvgIpc) is 2.34. The van der Waals surface area contributed by atoms with E-state index in [0.717, 1.165) is 12.8 Å². The van der Waals surface area contributed by atoms with Crippen LogP contribution >= 0.6 is 0 Å². The summed E-state index contributed by atoms with van der Waals surface area (Å²) in [5.41, 5.74) is 1.04. The van der Waals surface area contributed by atoms with Crippen molar-refractivity contribution in [3.63, 3.8) is 0 Å². The third-order valence-corrected chi connectivity index (χ3v) is 4.31. The number of aliphatic hydroxyl groups excluding tert-OH is 1. The highest BCUT2D eigenvalue weighted by Gasteiger charge is 2.41. The van der Waals surface area contributed by atoms with Crippen molar-refractivity contribution < 1.29 is 15.0 Å². The molecule has 3 nitrogen and oxygen atoms in total. The molecule has 1 aliphatic carbocycles. The highest BCUT2D eigenvalue weighted by molar-refractivity contribution is 5.67. The van der Waals surface area contributed by atoms with E-state index in [2.05, 4.69) is 19.1 Å². The fourth-order valence-electron chi connectivity index (χ4n) is 3.10. The van der Waals surface area contributed by atoms with Crippen LogP contribution in [0.3, 0.4) is 0 Å². The molecule has 2 rings (SSSR count). The first kappa shape index (κ1) is 13.1. The Bertz CT molecular complexity index is 415. The van der Waals surface area contributed by atoms with E-state index in [1.165, 1.54) is 5.56 Å². The van der Waals surface area contributed by atoms with E-state index in [-0.39, 0.29) is 23.9 Å². The minimum Gasteiger partial charge on any atom is -0.481 e. The van der Waals surface area contributed by atoms with Crippen molar-refractivity contribution in [2.75, 3.05) is 0 Å². The molecule has 0 aromatic heterocycles. The quantitative estimate of drug-likeness (QED) is 0.864. The van der Waals surface area contributed by atoms with Gasteiger partial charge in [-0.2, -0.15) is 0 Å². The van der Waals surface area contributed by atoms with Crippen LogP contribution in [0.15, 0.2) is 30.3 Å². The Balaban J connectivity index is 2.29. The summed E-state index contributed by atoms with van der Waals surface area (Å²) in [6.07, 6.45) is 1.95. The molecule has 0 amide bonds. The van der Waals surface area contributed by atoms with Gasteiger partial charge in [-0.3, -0.25) is 4.79 Å². The van der Waals surface area contributed by atoms with Crippen LogP contribution in [-0.4, -0.2) is 22.3 Å². The second-order valence-corrected chi connectivity index (χ2v) is 5.51. The van der Waals surface area contributed by atoms with E-state index in [1.807, 2.05) is 18.2 Å². The van der Waals surface area contributed by atoms with Crippen molar-refractivity contribution >= 4 is 5.97 Å². The number of carboxylic acids is 1. The van der Waals surface area contributed by atoms with Crippen LogP contribution in [0.1, 0.15) is 38.2 Å². The number of hydrogen-bond donors (Lipinski definition) is 2. The fraction of sp³-hybridized carbons (Fsp3) is 0.533. The molecule has 0 aliphatic heterocycles. The summed E-state index contributed by atoms with van der Waals surface area (Å²) in [5.74, 6) is -0.780. The van der Waals surface area contributed by atoms with Crippen molar-refractivity contribution in [3.05, 3.63) is 35.9 Å². The van der Waals surface area contributed by atoms with Gasteiger partial charge in [-0.05, 0) is 36.2 Å². The van der Waals surface area contributed by atoms with Crippen LogP contribution in [0.5, 0.6) is 0 Å². The van der Waals surface area contributed by atoms with Gasteiger partial charge < -0.3 is 10.2 Å². The van der Waals surface area contributed by atoms with E-state index in [1.54, 1.807) is 0 Å². The zero-order valence-electron chi connectivity index (χ0n) is 10.7. The molecular formula is C15H20O3. The van der Waals surface area contributed by atoms with Crippen LogP contribution in [0.2, 0.25) is 0 Å². The molecule has 0 unspecified atom stereocenters. The first-order chi connectivity index (χ1) is 8.52. The summed E-state index contributed by atoms with van der Waals surface area (Å²) in [5, 5.41) is 18.8. The Morgan fingerprint density at radius 2 is 2.06 bits per heavy atom. The van der Waals surface area contributed by atoms with Gasteiger partial charge in [0.25, 0.3) is 0 Å². The molecule has 1 fully saturated rings. The molecule has 0 spiro atoms. The van der Waals surface area contributed by atoms with E-state index < -0.39 is 5.97 Å². The van der Waals surface area contributed by atoms with Crippen LogP contribution in [-0.2, 0) is 10.2 Å². The molecule has 1 aliphatic rings. The van der Waals surface area contributed by atoms with Crippen molar-refractivity contribution in [1.29, 1.82) is 0 Å². The predicted molar refractivity (Wildman–Crippen MR) is 69.4 cm³/mol. The van der Waals surface area contributed by atoms with Crippen molar-refractivity contribution in [1.82, 2.24) is 0 Å². The van der Waals surface area contributed by atoms with Crippen LogP contribution in [0, 0.1) is 5.92 Å². The van der Waals surface area contributed by atoms with Gasteiger partial charge in [-0.15, -0.1) is 0 Å². The minimum atomic E-state index is -0.781. The van der Waals surface area contributed by atoms with Gasteiger partial charge in [-0.1, -0.05) is 37.3 Å². The van der Waals surface area contributed by atoms with Gasteiger partial charge in [0.15, 0.2) is 0 Å². The maximum Gasteiger partial charge on any atom is 0.303 e. The van der Waals surface area contributed by atoms with E-state index in [4.69, 9.17) is 5.11 Å². The summed E-state index contributed by atoms with van der Waals surface area (Å²) in [7, 11) is 0. The van der Waals surface area contributed by atoms with Crippen LogP contribution in [0.4, 0.5) is 0 Å². The monoisotopic (exact) mass is 248 g/mol. The number of carbonyl (C=O) groups is 1. The second kappa shape index (κ2) is 5.11. The summed E-state index contributed by atoms with van der Waals surface area (Å²) in [4.78, 5) is 11.0. The smallest absolute Gasteiger partial charge is 0.303 e. The van der Waals surface area contributed by atoms with E-state index in [9.17, 15) is 9.90 Å². The maximum atomic E-state index is 11.0. The number of hydrogen-bond acceptors (Lipinski definition) is 2.